The van der Waals surface area contributed by atoms with Gasteiger partial charge in [-0.15, -0.1) is 0 Å². The molecule has 0 heterocycles. The lowest BCUT2D eigenvalue weighted by Crippen LogP contribution is -1.87. The van der Waals surface area contributed by atoms with Crippen LogP contribution in [0.15, 0.2) is 29.8 Å². The zero-order valence-corrected chi connectivity index (χ0v) is 7.80. The summed E-state index contributed by atoms with van der Waals surface area (Å²) in [5, 5.41) is 19.1. The Hall–Kier alpha value is -1.68. The van der Waals surface area contributed by atoms with Crippen LogP contribution in [0.3, 0.4) is 0 Å². The third kappa shape index (κ3) is 2.67. The standard InChI is InChI=1S/C10H11NO3/c1-8(7-12)6-9-2-4-10(5-3-9)11(13)14/h2-6,12H,7H2,1H3/b8-6-. The van der Waals surface area contributed by atoms with Crippen molar-refractivity contribution in [2.24, 2.45) is 0 Å². The Labute approximate surface area is 81.6 Å². The third-order valence-corrected chi connectivity index (χ3v) is 1.77. The van der Waals surface area contributed by atoms with Gasteiger partial charge in [0.25, 0.3) is 5.69 Å². The molecule has 0 aromatic heterocycles. The van der Waals surface area contributed by atoms with E-state index in [0.29, 0.717) is 0 Å². The van der Waals surface area contributed by atoms with Crippen LogP contribution in [0.1, 0.15) is 12.5 Å². The highest BCUT2D eigenvalue weighted by Gasteiger charge is 2.02. The quantitative estimate of drug-likeness (QED) is 0.589. The lowest BCUT2D eigenvalue weighted by atomic mass is 10.1. The minimum atomic E-state index is -0.438. The summed E-state index contributed by atoms with van der Waals surface area (Å²) in [5.41, 5.74) is 1.74. The molecule has 0 aliphatic rings. The molecule has 0 spiro atoms. The number of rotatable bonds is 3. The van der Waals surface area contributed by atoms with Crippen molar-refractivity contribution >= 4 is 11.8 Å². The summed E-state index contributed by atoms with van der Waals surface area (Å²) >= 11 is 0. The maximum atomic E-state index is 10.3. The minimum absolute atomic E-state index is 0.00299. The Balaban J connectivity index is 2.89. The maximum Gasteiger partial charge on any atom is 0.269 e. The SMILES string of the molecule is C/C(=C/c1ccc([N+](=O)[O-])cc1)CO. The van der Waals surface area contributed by atoms with Crippen molar-refractivity contribution in [2.75, 3.05) is 6.61 Å². The topological polar surface area (TPSA) is 63.4 Å². The van der Waals surface area contributed by atoms with Gasteiger partial charge in [-0.05, 0) is 30.2 Å². The molecule has 14 heavy (non-hydrogen) atoms. The number of aliphatic hydroxyl groups is 1. The van der Waals surface area contributed by atoms with Crippen molar-refractivity contribution in [3.8, 4) is 0 Å². The lowest BCUT2D eigenvalue weighted by Gasteiger charge is -1.96. The summed E-state index contributed by atoms with van der Waals surface area (Å²) < 4.78 is 0. The van der Waals surface area contributed by atoms with Gasteiger partial charge in [-0.3, -0.25) is 10.1 Å². The molecule has 0 saturated carbocycles. The Morgan fingerprint density at radius 2 is 2.07 bits per heavy atom. The summed E-state index contributed by atoms with van der Waals surface area (Å²) in [5.74, 6) is 0. The second kappa shape index (κ2) is 4.53. The Bertz CT molecular complexity index is 354. The highest BCUT2D eigenvalue weighted by molar-refractivity contribution is 5.54. The van der Waals surface area contributed by atoms with Gasteiger partial charge in [0.2, 0.25) is 0 Å². The van der Waals surface area contributed by atoms with E-state index >= 15 is 0 Å². The molecule has 4 nitrogen and oxygen atoms in total. The van der Waals surface area contributed by atoms with E-state index in [0.717, 1.165) is 11.1 Å². The number of aliphatic hydroxyl groups excluding tert-OH is 1. The monoisotopic (exact) mass is 193 g/mol. The first-order valence-corrected chi connectivity index (χ1v) is 4.16. The molecule has 1 rings (SSSR count). The summed E-state index contributed by atoms with van der Waals surface area (Å²) in [7, 11) is 0. The average molecular weight is 193 g/mol. The van der Waals surface area contributed by atoms with E-state index in [9.17, 15) is 10.1 Å². The van der Waals surface area contributed by atoms with E-state index in [4.69, 9.17) is 5.11 Å². The molecule has 0 saturated heterocycles. The number of nitrogens with zero attached hydrogens (tertiary/aromatic N) is 1. The molecule has 74 valence electrons. The van der Waals surface area contributed by atoms with Gasteiger partial charge in [-0.2, -0.15) is 0 Å². The maximum absolute atomic E-state index is 10.3. The van der Waals surface area contributed by atoms with Gasteiger partial charge in [0.05, 0.1) is 11.5 Å². The first-order chi connectivity index (χ1) is 6.63. The molecule has 4 heteroatoms. The third-order valence-electron chi connectivity index (χ3n) is 1.77. The van der Waals surface area contributed by atoms with Crippen LogP contribution in [0.25, 0.3) is 6.08 Å². The van der Waals surface area contributed by atoms with Crippen LogP contribution in [0.4, 0.5) is 5.69 Å². The van der Waals surface area contributed by atoms with Gasteiger partial charge in [0.15, 0.2) is 0 Å². The summed E-state index contributed by atoms with van der Waals surface area (Å²) in [6.07, 6.45) is 1.78. The number of non-ortho nitro benzene ring substituents is 1. The van der Waals surface area contributed by atoms with Crippen molar-refractivity contribution in [1.29, 1.82) is 0 Å². The fourth-order valence-corrected chi connectivity index (χ4v) is 1.02. The van der Waals surface area contributed by atoms with Gasteiger partial charge in [-0.25, -0.2) is 0 Å². The molecule has 0 aliphatic heterocycles. The smallest absolute Gasteiger partial charge is 0.269 e. The summed E-state index contributed by atoms with van der Waals surface area (Å²) in [6.45, 7) is 1.79. The van der Waals surface area contributed by atoms with E-state index in [2.05, 4.69) is 0 Å². The van der Waals surface area contributed by atoms with E-state index in [1.807, 2.05) is 0 Å². The van der Waals surface area contributed by atoms with Gasteiger partial charge < -0.3 is 5.11 Å². The van der Waals surface area contributed by atoms with E-state index in [1.54, 1.807) is 25.1 Å². The first-order valence-electron chi connectivity index (χ1n) is 4.16. The lowest BCUT2D eigenvalue weighted by molar-refractivity contribution is -0.384. The average Bonchev–Trinajstić information content (AvgIpc) is 2.18. The number of hydrogen-bond donors (Lipinski definition) is 1. The number of nitro groups is 1. The van der Waals surface area contributed by atoms with Gasteiger partial charge in [0.1, 0.15) is 0 Å². The van der Waals surface area contributed by atoms with Gasteiger partial charge in [0, 0.05) is 12.1 Å². The second-order valence-corrected chi connectivity index (χ2v) is 3.00. The predicted octanol–water partition coefficient (Wildman–Crippen LogP) is 1.99. The molecule has 1 aromatic carbocycles. The highest BCUT2D eigenvalue weighted by Crippen LogP contribution is 2.13. The Morgan fingerprint density at radius 3 is 2.50 bits per heavy atom. The molecule has 0 bridgehead atoms. The van der Waals surface area contributed by atoms with Crippen LogP contribution < -0.4 is 0 Å². The van der Waals surface area contributed by atoms with E-state index in [1.165, 1.54) is 12.1 Å². The zero-order valence-electron chi connectivity index (χ0n) is 7.80. The van der Waals surface area contributed by atoms with Crippen LogP contribution in [-0.2, 0) is 0 Å². The van der Waals surface area contributed by atoms with Crippen molar-refractivity contribution in [3.63, 3.8) is 0 Å². The summed E-state index contributed by atoms with van der Waals surface area (Å²) in [4.78, 5) is 9.90. The predicted molar refractivity (Wildman–Crippen MR) is 53.8 cm³/mol. The molecule has 0 amide bonds. The number of hydrogen-bond acceptors (Lipinski definition) is 3. The second-order valence-electron chi connectivity index (χ2n) is 3.00. The molecule has 1 aromatic rings. The molecular formula is C10H11NO3. The fraction of sp³-hybridized carbons (Fsp3) is 0.200. The molecule has 0 unspecified atom stereocenters. The van der Waals surface area contributed by atoms with Crippen LogP contribution in [0.5, 0.6) is 0 Å². The van der Waals surface area contributed by atoms with Crippen molar-refractivity contribution in [2.45, 2.75) is 6.92 Å². The van der Waals surface area contributed by atoms with Crippen molar-refractivity contribution in [3.05, 3.63) is 45.5 Å². The summed E-state index contributed by atoms with van der Waals surface area (Å²) in [6, 6.07) is 6.18. The van der Waals surface area contributed by atoms with Crippen molar-refractivity contribution < 1.29 is 10.0 Å². The van der Waals surface area contributed by atoms with E-state index < -0.39 is 4.92 Å². The van der Waals surface area contributed by atoms with E-state index in [-0.39, 0.29) is 12.3 Å². The molecule has 0 aliphatic carbocycles. The first kappa shape index (κ1) is 10.4. The van der Waals surface area contributed by atoms with Gasteiger partial charge >= 0.3 is 0 Å². The fourth-order valence-electron chi connectivity index (χ4n) is 1.02. The van der Waals surface area contributed by atoms with Crippen LogP contribution >= 0.6 is 0 Å². The van der Waals surface area contributed by atoms with Crippen LogP contribution in [-0.4, -0.2) is 16.6 Å². The number of benzene rings is 1. The molecule has 0 fully saturated rings. The molecule has 0 atom stereocenters. The molecule has 0 radical (unpaired) electrons. The highest BCUT2D eigenvalue weighted by atomic mass is 16.6. The largest absolute Gasteiger partial charge is 0.392 e. The van der Waals surface area contributed by atoms with Crippen LogP contribution in [0, 0.1) is 10.1 Å². The van der Waals surface area contributed by atoms with Crippen molar-refractivity contribution in [1.82, 2.24) is 0 Å². The Kier molecular flexibility index (Phi) is 3.36. The molecular weight excluding hydrogens is 182 g/mol. The zero-order chi connectivity index (χ0) is 10.6. The van der Waals surface area contributed by atoms with Gasteiger partial charge in [-0.1, -0.05) is 6.08 Å². The number of nitro benzene ring substituents is 1. The minimum Gasteiger partial charge on any atom is -0.392 e. The molecule has 1 N–H and O–H groups in total. The van der Waals surface area contributed by atoms with Crippen LogP contribution in [0.2, 0.25) is 0 Å². The Morgan fingerprint density at radius 1 is 1.50 bits per heavy atom. The normalized spacial score (nSPS) is 11.4.